The number of rotatable bonds is 3. The zero-order valence-electron chi connectivity index (χ0n) is 13.2. The maximum Gasteiger partial charge on any atom is 0.288 e. The van der Waals surface area contributed by atoms with Crippen LogP contribution < -0.4 is 10.6 Å². The molecule has 9 nitrogen and oxygen atoms in total. The van der Waals surface area contributed by atoms with Gasteiger partial charge in [-0.25, -0.2) is 18.4 Å². The van der Waals surface area contributed by atoms with E-state index in [4.69, 9.17) is 5.73 Å². The van der Waals surface area contributed by atoms with Gasteiger partial charge in [0.1, 0.15) is 11.6 Å². The summed E-state index contributed by atoms with van der Waals surface area (Å²) in [6.45, 7) is 0.348. The summed E-state index contributed by atoms with van der Waals surface area (Å²) in [5, 5.41) is 10.5. The second kappa shape index (κ2) is 5.07. The highest BCUT2D eigenvalue weighted by atomic mass is 19.3. The molecule has 25 heavy (non-hydrogen) atoms. The predicted molar refractivity (Wildman–Crippen MR) is 80.2 cm³/mol. The zero-order valence-corrected chi connectivity index (χ0v) is 13.2. The summed E-state index contributed by atoms with van der Waals surface area (Å²) < 4.78 is 28.1. The molecule has 1 saturated carbocycles. The molecule has 2 amide bonds. The normalized spacial score (nSPS) is 24.8. The second-order valence-corrected chi connectivity index (χ2v) is 6.32. The second-order valence-electron chi connectivity index (χ2n) is 6.32. The van der Waals surface area contributed by atoms with E-state index < -0.39 is 23.7 Å². The van der Waals surface area contributed by atoms with Crippen molar-refractivity contribution >= 4 is 17.6 Å². The number of primary amides is 1. The van der Waals surface area contributed by atoms with Crippen molar-refractivity contribution < 1.29 is 18.4 Å². The molecule has 2 atom stereocenters. The van der Waals surface area contributed by atoms with Crippen LogP contribution in [-0.4, -0.2) is 49.7 Å². The van der Waals surface area contributed by atoms with Crippen molar-refractivity contribution in [3.63, 3.8) is 0 Å². The van der Waals surface area contributed by atoms with Crippen molar-refractivity contribution in [3.05, 3.63) is 23.4 Å². The highest BCUT2D eigenvalue weighted by molar-refractivity contribution is 5.97. The molecule has 2 aromatic rings. The van der Waals surface area contributed by atoms with Crippen LogP contribution in [0.25, 0.3) is 0 Å². The molecule has 0 aromatic carbocycles. The van der Waals surface area contributed by atoms with Gasteiger partial charge in [0.15, 0.2) is 0 Å². The van der Waals surface area contributed by atoms with E-state index in [0.717, 1.165) is 0 Å². The average Bonchev–Trinajstić information content (AvgIpc) is 2.97. The highest BCUT2D eigenvalue weighted by Gasteiger charge is 2.59. The van der Waals surface area contributed by atoms with Crippen molar-refractivity contribution in [2.75, 3.05) is 11.9 Å². The average molecular weight is 351 g/mol. The summed E-state index contributed by atoms with van der Waals surface area (Å²) in [4.78, 5) is 29.2. The molecule has 2 aliphatic rings. The number of anilines is 1. The van der Waals surface area contributed by atoms with Gasteiger partial charge < -0.3 is 5.73 Å². The summed E-state index contributed by atoms with van der Waals surface area (Å²) >= 11 is 0. The van der Waals surface area contributed by atoms with E-state index in [1.54, 1.807) is 11.7 Å². The minimum atomic E-state index is -2.71. The van der Waals surface area contributed by atoms with E-state index in [9.17, 15) is 18.4 Å². The Hall–Kier alpha value is -2.85. The van der Waals surface area contributed by atoms with E-state index >= 15 is 0 Å². The number of carbonyl (C=O) groups is 2. The number of nitrogens with zero attached hydrogens (tertiary/aromatic N) is 5. The van der Waals surface area contributed by atoms with Crippen LogP contribution in [0.15, 0.2) is 6.07 Å². The Labute approximate surface area is 140 Å². The van der Waals surface area contributed by atoms with Crippen molar-refractivity contribution in [2.45, 2.75) is 37.1 Å². The molecule has 1 aliphatic carbocycles. The van der Waals surface area contributed by atoms with Crippen molar-refractivity contribution in [3.8, 4) is 0 Å². The molecule has 2 unspecified atom stereocenters. The Morgan fingerprint density at radius 2 is 2.20 bits per heavy atom. The van der Waals surface area contributed by atoms with Gasteiger partial charge in [-0.05, 0) is 6.42 Å². The third kappa shape index (κ3) is 2.46. The molecule has 132 valence electrons. The number of alkyl halides is 2. The molecule has 11 heteroatoms. The van der Waals surface area contributed by atoms with Crippen molar-refractivity contribution in [1.29, 1.82) is 0 Å². The van der Waals surface area contributed by atoms with E-state index in [1.807, 2.05) is 0 Å². The summed E-state index contributed by atoms with van der Waals surface area (Å²) in [7, 11) is 1.55. The minimum absolute atomic E-state index is 0.189. The van der Waals surface area contributed by atoms with Gasteiger partial charge in [-0.1, -0.05) is 0 Å². The van der Waals surface area contributed by atoms with Gasteiger partial charge in [-0.2, -0.15) is 5.10 Å². The number of carbonyl (C=O) groups excluding carboxylic acids is 2. The number of hydrogen-bond acceptors (Lipinski definition) is 5. The molecule has 4 rings (SSSR count). The van der Waals surface area contributed by atoms with E-state index in [-0.39, 0.29) is 24.0 Å². The Balaban J connectivity index is 1.61. The smallest absolute Gasteiger partial charge is 0.288 e. The van der Waals surface area contributed by atoms with E-state index in [0.29, 0.717) is 24.5 Å². The van der Waals surface area contributed by atoms with Gasteiger partial charge in [-0.15, -0.1) is 5.10 Å². The molecule has 2 aromatic heterocycles. The van der Waals surface area contributed by atoms with Crippen LogP contribution in [0.3, 0.4) is 0 Å². The molecule has 0 saturated heterocycles. The molecular weight excluding hydrogens is 336 g/mol. The monoisotopic (exact) mass is 351 g/mol. The topological polar surface area (TPSA) is 123 Å². The summed E-state index contributed by atoms with van der Waals surface area (Å²) in [6, 6.07) is 1.53. The number of likely N-dealkylation sites (N-methyl/N-ethyl adjacent to an activating group) is 1. The molecular formula is C14H15F2N7O2. The summed E-state index contributed by atoms with van der Waals surface area (Å²) in [5.41, 5.74) is 5.42. The zero-order chi connectivity index (χ0) is 17.9. The number of aryl methyl sites for hydroxylation is 1. The van der Waals surface area contributed by atoms with Gasteiger partial charge in [0.25, 0.3) is 11.8 Å². The third-order valence-corrected chi connectivity index (χ3v) is 4.62. The van der Waals surface area contributed by atoms with E-state index in [1.165, 1.54) is 11.0 Å². The summed E-state index contributed by atoms with van der Waals surface area (Å²) in [6.07, 6.45) is 0.128. The van der Waals surface area contributed by atoms with Crippen molar-refractivity contribution in [2.24, 2.45) is 5.73 Å². The van der Waals surface area contributed by atoms with Crippen LogP contribution in [0.1, 0.15) is 46.8 Å². The van der Waals surface area contributed by atoms with E-state index in [2.05, 4.69) is 20.3 Å². The SMILES string of the molecule is CN1C(=O)C(c2nc(C(N)=O)n[nH]2)CCn2nc(C3CC3(F)F)cc21. The first-order valence-electron chi connectivity index (χ1n) is 7.73. The van der Waals surface area contributed by atoms with Crippen LogP contribution in [0.5, 0.6) is 0 Å². The van der Waals surface area contributed by atoms with Gasteiger partial charge in [0, 0.05) is 26.1 Å². The maximum atomic E-state index is 13.3. The molecule has 0 radical (unpaired) electrons. The lowest BCUT2D eigenvalue weighted by atomic mass is 10.0. The third-order valence-electron chi connectivity index (χ3n) is 4.62. The number of aromatic amines is 1. The van der Waals surface area contributed by atoms with Crippen LogP contribution in [0.2, 0.25) is 0 Å². The quantitative estimate of drug-likeness (QED) is 0.827. The van der Waals surface area contributed by atoms with Crippen LogP contribution in [0.4, 0.5) is 14.6 Å². The molecule has 0 spiro atoms. The first-order valence-corrected chi connectivity index (χ1v) is 7.73. The first kappa shape index (κ1) is 15.7. The number of aromatic nitrogens is 5. The Morgan fingerprint density at radius 3 is 2.80 bits per heavy atom. The number of hydrogen-bond donors (Lipinski definition) is 2. The first-order chi connectivity index (χ1) is 11.8. The largest absolute Gasteiger partial charge is 0.363 e. The van der Waals surface area contributed by atoms with Crippen LogP contribution >= 0.6 is 0 Å². The highest BCUT2D eigenvalue weighted by Crippen LogP contribution is 2.55. The number of H-pyrrole nitrogens is 1. The molecule has 3 heterocycles. The number of amides is 2. The van der Waals surface area contributed by atoms with Crippen LogP contribution in [0, 0.1) is 0 Å². The lowest BCUT2D eigenvalue weighted by molar-refractivity contribution is -0.119. The Kier molecular flexibility index (Phi) is 3.18. The Morgan fingerprint density at radius 1 is 1.48 bits per heavy atom. The van der Waals surface area contributed by atoms with Gasteiger partial charge >= 0.3 is 0 Å². The standard InChI is InChI=1S/C14H15F2N7O2/c1-22-9-4-8(7-5-14(7,15)16)21-23(9)3-2-6(13(22)25)11-18-12(10(17)24)20-19-11/h4,6-7H,2-3,5H2,1H3,(H2,17,24)(H,18,19,20). The fourth-order valence-corrected chi connectivity index (χ4v) is 3.08. The molecule has 1 fully saturated rings. The van der Waals surface area contributed by atoms with Gasteiger partial charge in [-0.3, -0.25) is 19.6 Å². The molecule has 0 bridgehead atoms. The van der Waals surface area contributed by atoms with Crippen LogP contribution in [-0.2, 0) is 11.3 Å². The number of halogens is 2. The maximum absolute atomic E-state index is 13.3. The lowest BCUT2D eigenvalue weighted by Crippen LogP contribution is -2.31. The van der Waals surface area contributed by atoms with Crippen molar-refractivity contribution in [1.82, 2.24) is 25.0 Å². The van der Waals surface area contributed by atoms with Gasteiger partial charge in [0.2, 0.25) is 11.7 Å². The molecule has 3 N–H and O–H groups in total. The number of nitrogens with one attached hydrogen (secondary N) is 1. The Bertz CT molecular complexity index is 874. The number of fused-ring (bicyclic) bond motifs is 1. The van der Waals surface area contributed by atoms with Gasteiger partial charge in [0.05, 0.1) is 17.5 Å². The summed E-state index contributed by atoms with van der Waals surface area (Å²) in [5.74, 6) is -4.82. The molecule has 1 aliphatic heterocycles. The fraction of sp³-hybridized carbons (Fsp3) is 0.500. The lowest BCUT2D eigenvalue weighted by Gasteiger charge is -2.17. The fourth-order valence-electron chi connectivity index (χ4n) is 3.08. The number of nitrogens with two attached hydrogens (primary N) is 1. The minimum Gasteiger partial charge on any atom is -0.363 e. The predicted octanol–water partition coefficient (Wildman–Crippen LogP) is 0.373.